The highest BCUT2D eigenvalue weighted by Crippen LogP contribution is 2.60. The Kier molecular flexibility index (Phi) is 3.90. The van der Waals surface area contributed by atoms with Crippen molar-refractivity contribution in [2.24, 2.45) is 11.8 Å². The number of aromatic nitrogens is 5. The molecule has 1 aromatic carbocycles. The van der Waals surface area contributed by atoms with Crippen molar-refractivity contribution < 1.29 is 4.79 Å². The first-order valence-electron chi connectivity index (χ1n) is 10.6. The first kappa shape index (κ1) is 18.2. The molecule has 1 N–H and O–H groups in total. The second-order valence-electron chi connectivity index (χ2n) is 9.43. The summed E-state index contributed by atoms with van der Waals surface area (Å²) in [6, 6.07) is 8.04. The lowest BCUT2D eigenvalue weighted by atomic mass is 9.50. The van der Waals surface area contributed by atoms with Crippen molar-refractivity contribution in [3.05, 3.63) is 41.2 Å². The molecule has 7 nitrogen and oxygen atoms in total. The number of tetrazole rings is 1. The predicted octanol–water partition coefficient (Wildman–Crippen LogP) is 3.47. The van der Waals surface area contributed by atoms with E-state index in [-0.39, 0.29) is 17.0 Å². The van der Waals surface area contributed by atoms with E-state index in [0.717, 1.165) is 47.3 Å². The quantitative estimate of drug-likeness (QED) is 0.653. The first-order chi connectivity index (χ1) is 14.5. The van der Waals surface area contributed by atoms with E-state index in [1.165, 1.54) is 6.42 Å². The Morgan fingerprint density at radius 1 is 1.23 bits per heavy atom. The molecule has 4 aliphatic carbocycles. The van der Waals surface area contributed by atoms with Crippen LogP contribution in [0.5, 0.6) is 0 Å². The molecule has 4 fully saturated rings. The van der Waals surface area contributed by atoms with E-state index < -0.39 is 0 Å². The number of nitrogens with one attached hydrogen (secondary N) is 1. The highest BCUT2D eigenvalue weighted by Gasteiger charge is 2.60. The van der Waals surface area contributed by atoms with Gasteiger partial charge in [-0.1, -0.05) is 12.1 Å². The molecule has 4 bridgehead atoms. The number of carbonyl (C=O) groups excluding carboxylic acids is 1. The number of rotatable bonds is 4. The second kappa shape index (κ2) is 6.44. The summed E-state index contributed by atoms with van der Waals surface area (Å²) >= 11 is 1.60. The number of thiazole rings is 1. The average molecular weight is 421 g/mol. The van der Waals surface area contributed by atoms with Crippen molar-refractivity contribution >= 4 is 33.5 Å². The minimum absolute atomic E-state index is 0.0333. The maximum Gasteiger partial charge on any atom is 0.244 e. The number of hydrogen-bond donors (Lipinski definition) is 1. The molecule has 0 spiro atoms. The summed E-state index contributed by atoms with van der Waals surface area (Å²) in [4.78, 5) is 19.3. The zero-order valence-electron chi connectivity index (χ0n) is 16.9. The first-order valence-corrected chi connectivity index (χ1v) is 11.5. The minimum Gasteiger partial charge on any atom is -0.347 e. The van der Waals surface area contributed by atoms with Crippen molar-refractivity contribution in [2.75, 3.05) is 0 Å². The molecule has 8 heteroatoms. The van der Waals surface area contributed by atoms with Crippen molar-refractivity contribution in [3.63, 3.8) is 0 Å². The van der Waals surface area contributed by atoms with Gasteiger partial charge in [0.15, 0.2) is 5.82 Å². The van der Waals surface area contributed by atoms with Gasteiger partial charge in [0, 0.05) is 11.6 Å². The molecule has 2 unspecified atom stereocenters. The number of hydrogen-bond acceptors (Lipinski definition) is 6. The molecule has 1 amide bonds. The Morgan fingerprint density at radius 2 is 2.03 bits per heavy atom. The third-order valence-electron chi connectivity index (χ3n) is 7.04. The maximum atomic E-state index is 12.9. The van der Waals surface area contributed by atoms with Crippen LogP contribution in [0.4, 0.5) is 0 Å². The van der Waals surface area contributed by atoms with Crippen LogP contribution in [0, 0.1) is 18.8 Å². The minimum atomic E-state index is -0.166. The Hall–Kier alpha value is -2.61. The molecule has 3 aromatic rings. The van der Waals surface area contributed by atoms with Gasteiger partial charge in [-0.15, -0.1) is 21.5 Å². The molecule has 0 aliphatic heterocycles. The Balaban J connectivity index is 1.23. The normalized spacial score (nSPS) is 32.3. The van der Waals surface area contributed by atoms with E-state index in [2.05, 4.69) is 31.8 Å². The zero-order chi connectivity index (χ0) is 20.3. The van der Waals surface area contributed by atoms with Crippen LogP contribution >= 0.6 is 11.3 Å². The van der Waals surface area contributed by atoms with Gasteiger partial charge in [0.2, 0.25) is 5.91 Å². The van der Waals surface area contributed by atoms with Gasteiger partial charge in [0.25, 0.3) is 0 Å². The van der Waals surface area contributed by atoms with Crippen LogP contribution in [0.3, 0.4) is 0 Å². The van der Waals surface area contributed by atoms with Gasteiger partial charge in [-0.25, -0.2) is 4.98 Å². The van der Waals surface area contributed by atoms with Gasteiger partial charge >= 0.3 is 0 Å². The predicted molar refractivity (Wildman–Crippen MR) is 115 cm³/mol. The summed E-state index contributed by atoms with van der Waals surface area (Å²) in [5.74, 6) is 1.91. The number of benzene rings is 1. The Labute approximate surface area is 178 Å². The molecule has 2 atom stereocenters. The average Bonchev–Trinajstić information content (AvgIpc) is 3.31. The molecule has 154 valence electrons. The van der Waals surface area contributed by atoms with Crippen molar-refractivity contribution in [2.45, 2.75) is 56.5 Å². The number of nitrogens with zero attached hydrogens (tertiary/aromatic N) is 5. The van der Waals surface area contributed by atoms with Crippen LogP contribution < -0.4 is 5.32 Å². The molecule has 0 radical (unpaired) electrons. The fourth-order valence-electron chi connectivity index (χ4n) is 6.49. The molecular weight excluding hydrogens is 396 g/mol. The SMILES string of the molecule is Cc1nnn(C23CC4CC(CC(NC(=O)/C=C/c5nc6ccccc6s5)(C4)C2)C3)n1. The molecule has 4 aliphatic rings. The summed E-state index contributed by atoms with van der Waals surface area (Å²) in [6.45, 7) is 1.88. The van der Waals surface area contributed by atoms with E-state index in [1.807, 2.05) is 36.0 Å². The monoisotopic (exact) mass is 420 g/mol. The largest absolute Gasteiger partial charge is 0.347 e. The molecule has 30 heavy (non-hydrogen) atoms. The number of carbonyl (C=O) groups is 1. The number of fused-ring (bicyclic) bond motifs is 1. The van der Waals surface area contributed by atoms with Gasteiger partial charge in [0.05, 0.1) is 15.8 Å². The Bertz CT molecular complexity index is 1120. The van der Waals surface area contributed by atoms with Crippen molar-refractivity contribution in [1.82, 2.24) is 30.5 Å². The molecule has 2 aromatic heterocycles. The third-order valence-corrected chi connectivity index (χ3v) is 8.05. The molecule has 2 heterocycles. The van der Waals surface area contributed by atoms with Crippen LogP contribution in [-0.2, 0) is 10.3 Å². The molecule has 7 rings (SSSR count). The van der Waals surface area contributed by atoms with E-state index in [9.17, 15) is 4.79 Å². The van der Waals surface area contributed by atoms with E-state index in [4.69, 9.17) is 0 Å². The number of amides is 1. The van der Waals surface area contributed by atoms with Gasteiger partial charge in [-0.2, -0.15) is 4.80 Å². The Morgan fingerprint density at radius 3 is 2.77 bits per heavy atom. The van der Waals surface area contributed by atoms with Crippen LogP contribution in [0.15, 0.2) is 30.3 Å². The zero-order valence-corrected chi connectivity index (χ0v) is 17.7. The maximum absolute atomic E-state index is 12.9. The summed E-state index contributed by atoms with van der Waals surface area (Å²) in [5, 5.41) is 17.3. The highest BCUT2D eigenvalue weighted by atomic mass is 32.1. The van der Waals surface area contributed by atoms with Crippen LogP contribution in [0.2, 0.25) is 0 Å². The standard InChI is InChI=1S/C22H24N6OS/c1-14-25-27-28(26-14)22-11-15-8-16(12-22)10-21(9-15,13-22)24-19(29)6-7-20-23-17-4-2-3-5-18(17)30-20/h2-7,15-16H,8-13H2,1H3,(H,24,29)/b7-6+. The fraction of sp³-hybridized carbons (Fsp3) is 0.500. The van der Waals surface area contributed by atoms with Crippen LogP contribution in [0.1, 0.15) is 49.4 Å². The van der Waals surface area contributed by atoms with E-state index in [0.29, 0.717) is 17.7 Å². The summed E-state index contributed by atoms with van der Waals surface area (Å²) in [5.41, 5.74) is 0.705. The van der Waals surface area contributed by atoms with Crippen LogP contribution in [0.25, 0.3) is 16.3 Å². The lowest BCUT2D eigenvalue weighted by molar-refractivity contribution is -0.127. The fourth-order valence-corrected chi connectivity index (χ4v) is 7.36. The van der Waals surface area contributed by atoms with Crippen LogP contribution in [-0.4, -0.2) is 36.6 Å². The van der Waals surface area contributed by atoms with E-state index in [1.54, 1.807) is 17.4 Å². The number of para-hydroxylation sites is 1. The smallest absolute Gasteiger partial charge is 0.244 e. The topological polar surface area (TPSA) is 85.6 Å². The molecule has 4 saturated carbocycles. The van der Waals surface area contributed by atoms with Crippen molar-refractivity contribution in [1.29, 1.82) is 0 Å². The number of aryl methyl sites for hydroxylation is 1. The van der Waals surface area contributed by atoms with Crippen molar-refractivity contribution in [3.8, 4) is 0 Å². The highest BCUT2D eigenvalue weighted by molar-refractivity contribution is 7.19. The summed E-state index contributed by atoms with van der Waals surface area (Å²) in [7, 11) is 0. The molecular formula is C22H24N6OS. The third kappa shape index (κ3) is 2.96. The second-order valence-corrected chi connectivity index (χ2v) is 10.5. The van der Waals surface area contributed by atoms with Gasteiger partial charge in [-0.3, -0.25) is 4.79 Å². The van der Waals surface area contributed by atoms with Gasteiger partial charge in [0.1, 0.15) is 5.01 Å². The summed E-state index contributed by atoms with van der Waals surface area (Å²) < 4.78 is 1.14. The van der Waals surface area contributed by atoms with Gasteiger partial charge in [-0.05, 0) is 80.7 Å². The lowest BCUT2D eigenvalue weighted by Crippen LogP contribution is -2.66. The molecule has 0 saturated heterocycles. The summed E-state index contributed by atoms with van der Waals surface area (Å²) in [6.07, 6.45) is 9.92. The van der Waals surface area contributed by atoms with E-state index >= 15 is 0 Å². The lowest BCUT2D eigenvalue weighted by Gasteiger charge is -2.61. The van der Waals surface area contributed by atoms with Gasteiger partial charge < -0.3 is 5.32 Å².